The predicted octanol–water partition coefficient (Wildman–Crippen LogP) is 3.51. The van der Waals surface area contributed by atoms with Crippen LogP contribution in [-0.4, -0.2) is 10.1 Å². The van der Waals surface area contributed by atoms with Crippen molar-refractivity contribution >= 4 is 17.4 Å². The monoisotopic (exact) mass is 287 g/mol. The third kappa shape index (κ3) is 2.55. The fraction of sp³-hybridized carbons (Fsp3) is 0.143. The number of anilines is 1. The van der Waals surface area contributed by atoms with Gasteiger partial charge in [-0.25, -0.2) is 0 Å². The molecule has 0 aliphatic carbocycles. The third-order valence-electron chi connectivity index (χ3n) is 2.84. The predicted molar refractivity (Wildman–Crippen MR) is 77.2 cm³/mol. The molecule has 20 heavy (non-hydrogen) atoms. The molecule has 0 spiro atoms. The van der Waals surface area contributed by atoms with E-state index in [0.29, 0.717) is 23.2 Å². The Morgan fingerprint density at radius 3 is 2.95 bits per heavy atom. The van der Waals surface area contributed by atoms with Crippen molar-refractivity contribution < 1.29 is 8.94 Å². The average Bonchev–Trinajstić information content (AvgIpc) is 3.10. The Kier molecular flexibility index (Phi) is 3.47. The largest absolute Gasteiger partial charge is 0.459 e. The fourth-order valence-corrected chi connectivity index (χ4v) is 2.63. The molecule has 0 saturated heterocycles. The lowest BCUT2D eigenvalue weighted by Gasteiger charge is -2.05. The second kappa shape index (κ2) is 5.42. The van der Waals surface area contributed by atoms with Gasteiger partial charge in [-0.2, -0.15) is 4.98 Å². The van der Waals surface area contributed by atoms with Gasteiger partial charge >= 0.3 is 0 Å². The van der Waals surface area contributed by atoms with Gasteiger partial charge in [-0.15, -0.1) is 11.8 Å². The molecule has 0 atom stereocenters. The Bertz CT molecular complexity index is 707. The second-order valence-corrected chi connectivity index (χ2v) is 5.29. The number of benzene rings is 1. The van der Waals surface area contributed by atoms with E-state index in [2.05, 4.69) is 10.1 Å². The van der Waals surface area contributed by atoms with E-state index in [9.17, 15) is 0 Å². The van der Waals surface area contributed by atoms with Gasteiger partial charge in [-0.1, -0.05) is 17.3 Å². The first-order chi connectivity index (χ1) is 9.74. The smallest absolute Gasteiger partial charge is 0.293 e. The number of aromatic nitrogens is 2. The molecule has 0 amide bonds. The summed E-state index contributed by atoms with van der Waals surface area (Å²) in [6, 6.07) is 9.52. The van der Waals surface area contributed by atoms with Crippen LogP contribution in [0.15, 0.2) is 50.4 Å². The molecule has 0 aliphatic rings. The van der Waals surface area contributed by atoms with Gasteiger partial charge in [0.15, 0.2) is 11.6 Å². The minimum absolute atomic E-state index is 0.391. The van der Waals surface area contributed by atoms with E-state index in [4.69, 9.17) is 14.7 Å². The Morgan fingerprint density at radius 1 is 1.25 bits per heavy atom. The zero-order valence-electron chi connectivity index (χ0n) is 10.9. The number of hydrogen-bond donors (Lipinski definition) is 1. The number of rotatable bonds is 4. The van der Waals surface area contributed by atoms with Crippen LogP contribution < -0.4 is 5.73 Å². The normalized spacial score (nSPS) is 10.8. The summed E-state index contributed by atoms with van der Waals surface area (Å²) >= 11 is 1.58. The van der Waals surface area contributed by atoms with Gasteiger partial charge in [0.1, 0.15) is 0 Å². The molecule has 0 fully saturated rings. The lowest BCUT2D eigenvalue weighted by molar-refractivity contribution is 0.411. The standard InChI is InChI=1S/C14H13N3O2S/c1-9-4-2-6-11(13(9)15)20-8-12-16-14(19-17-12)10-5-3-7-18-10/h2-7H,8,15H2,1H3. The summed E-state index contributed by atoms with van der Waals surface area (Å²) in [6.07, 6.45) is 1.57. The maximum absolute atomic E-state index is 6.03. The first-order valence-electron chi connectivity index (χ1n) is 6.08. The summed E-state index contributed by atoms with van der Waals surface area (Å²) in [4.78, 5) is 5.31. The van der Waals surface area contributed by atoms with Gasteiger partial charge in [0.25, 0.3) is 5.89 Å². The lowest BCUT2D eigenvalue weighted by Crippen LogP contribution is -1.93. The molecule has 2 aromatic heterocycles. The lowest BCUT2D eigenvalue weighted by atomic mass is 10.2. The second-order valence-electron chi connectivity index (χ2n) is 4.27. The molecule has 0 radical (unpaired) electrons. The number of aryl methyl sites for hydroxylation is 1. The third-order valence-corrected chi connectivity index (χ3v) is 3.91. The van der Waals surface area contributed by atoms with Gasteiger partial charge in [-0.3, -0.25) is 0 Å². The van der Waals surface area contributed by atoms with Gasteiger partial charge < -0.3 is 14.7 Å². The van der Waals surface area contributed by atoms with E-state index in [1.54, 1.807) is 30.2 Å². The van der Waals surface area contributed by atoms with Crippen LogP contribution >= 0.6 is 11.8 Å². The fourth-order valence-electron chi connectivity index (χ4n) is 1.73. The molecular weight excluding hydrogens is 274 g/mol. The van der Waals surface area contributed by atoms with E-state index in [1.165, 1.54) is 0 Å². The number of hydrogen-bond acceptors (Lipinski definition) is 6. The van der Waals surface area contributed by atoms with Crippen molar-refractivity contribution in [3.05, 3.63) is 48.0 Å². The highest BCUT2D eigenvalue weighted by atomic mass is 32.2. The molecule has 3 aromatic rings. The van der Waals surface area contributed by atoms with Crippen molar-refractivity contribution in [2.24, 2.45) is 0 Å². The number of furan rings is 1. The van der Waals surface area contributed by atoms with Crippen molar-refractivity contribution in [2.45, 2.75) is 17.6 Å². The molecule has 6 heteroatoms. The highest BCUT2D eigenvalue weighted by Gasteiger charge is 2.12. The quantitative estimate of drug-likeness (QED) is 0.584. The van der Waals surface area contributed by atoms with Crippen LogP contribution in [0.25, 0.3) is 11.7 Å². The van der Waals surface area contributed by atoms with E-state index in [-0.39, 0.29) is 0 Å². The van der Waals surface area contributed by atoms with Gasteiger partial charge in [0, 0.05) is 10.6 Å². The Balaban J connectivity index is 1.71. The van der Waals surface area contributed by atoms with E-state index >= 15 is 0 Å². The Hall–Kier alpha value is -2.21. The molecular formula is C14H13N3O2S. The first kappa shape index (κ1) is 12.8. The summed E-state index contributed by atoms with van der Waals surface area (Å²) in [5, 5.41) is 3.93. The maximum atomic E-state index is 6.03. The van der Waals surface area contributed by atoms with Gasteiger partial charge in [0.05, 0.1) is 12.0 Å². The van der Waals surface area contributed by atoms with Crippen molar-refractivity contribution in [2.75, 3.05) is 5.73 Å². The topological polar surface area (TPSA) is 78.1 Å². The van der Waals surface area contributed by atoms with Crippen LogP contribution in [0.1, 0.15) is 11.4 Å². The van der Waals surface area contributed by atoms with Crippen LogP contribution in [0.4, 0.5) is 5.69 Å². The minimum Gasteiger partial charge on any atom is -0.459 e. The van der Waals surface area contributed by atoms with Crippen molar-refractivity contribution in [3.63, 3.8) is 0 Å². The van der Waals surface area contributed by atoms with E-state index < -0.39 is 0 Å². The highest BCUT2D eigenvalue weighted by molar-refractivity contribution is 7.98. The minimum atomic E-state index is 0.391. The van der Waals surface area contributed by atoms with Crippen LogP contribution in [0, 0.1) is 6.92 Å². The Morgan fingerprint density at radius 2 is 2.15 bits per heavy atom. The van der Waals surface area contributed by atoms with Crippen LogP contribution in [0.2, 0.25) is 0 Å². The van der Waals surface area contributed by atoms with E-state index in [0.717, 1.165) is 16.1 Å². The molecule has 0 aliphatic heterocycles. The molecule has 102 valence electrons. The molecule has 1 aromatic carbocycles. The zero-order chi connectivity index (χ0) is 13.9. The molecule has 0 bridgehead atoms. The maximum Gasteiger partial charge on any atom is 0.293 e. The van der Waals surface area contributed by atoms with Crippen LogP contribution in [-0.2, 0) is 5.75 Å². The Labute approximate surface area is 120 Å². The van der Waals surface area contributed by atoms with Crippen LogP contribution in [0.3, 0.4) is 0 Å². The molecule has 0 saturated carbocycles. The first-order valence-corrected chi connectivity index (χ1v) is 7.07. The van der Waals surface area contributed by atoms with Crippen LogP contribution in [0.5, 0.6) is 0 Å². The summed E-state index contributed by atoms with van der Waals surface area (Å²) in [6.45, 7) is 1.99. The molecule has 3 rings (SSSR count). The number of thioether (sulfide) groups is 1. The van der Waals surface area contributed by atoms with Gasteiger partial charge in [-0.05, 0) is 30.7 Å². The summed E-state index contributed by atoms with van der Waals surface area (Å²) in [5.41, 5.74) is 7.90. The molecule has 2 heterocycles. The average molecular weight is 287 g/mol. The number of nitrogens with two attached hydrogens (primary N) is 1. The molecule has 2 N–H and O–H groups in total. The zero-order valence-corrected chi connectivity index (χ0v) is 11.7. The van der Waals surface area contributed by atoms with Gasteiger partial charge in [0.2, 0.25) is 0 Å². The van der Waals surface area contributed by atoms with E-state index in [1.807, 2.05) is 25.1 Å². The SMILES string of the molecule is Cc1cccc(SCc2noc(-c3ccco3)n2)c1N. The number of para-hydroxylation sites is 1. The molecule has 5 nitrogen and oxygen atoms in total. The number of nitrogens with zero attached hydrogens (tertiary/aromatic N) is 2. The number of nitrogen functional groups attached to an aromatic ring is 1. The summed E-state index contributed by atoms with van der Waals surface area (Å²) in [7, 11) is 0. The highest BCUT2D eigenvalue weighted by Crippen LogP contribution is 2.29. The van der Waals surface area contributed by atoms with Crippen molar-refractivity contribution in [1.82, 2.24) is 10.1 Å². The van der Waals surface area contributed by atoms with Crippen molar-refractivity contribution in [1.29, 1.82) is 0 Å². The van der Waals surface area contributed by atoms with Crippen molar-refractivity contribution in [3.8, 4) is 11.7 Å². The summed E-state index contributed by atoms with van der Waals surface area (Å²) in [5.74, 6) is 2.17. The molecule has 0 unspecified atom stereocenters. The summed E-state index contributed by atoms with van der Waals surface area (Å²) < 4.78 is 10.4.